The first-order chi connectivity index (χ1) is 13.5. The third kappa shape index (κ3) is 5.75. The van der Waals surface area contributed by atoms with E-state index in [4.69, 9.17) is 5.11 Å². The van der Waals surface area contributed by atoms with E-state index >= 15 is 0 Å². The second-order valence-electron chi connectivity index (χ2n) is 9.43. The molecule has 0 aromatic heterocycles. The molecule has 0 amide bonds. The monoisotopic (exact) mass is 416 g/mol. The van der Waals surface area contributed by atoms with Crippen LogP contribution in [0.5, 0.6) is 11.5 Å². The van der Waals surface area contributed by atoms with E-state index in [-0.39, 0.29) is 33.5 Å². The van der Waals surface area contributed by atoms with Gasteiger partial charge in [-0.2, -0.15) is 0 Å². The highest BCUT2D eigenvalue weighted by atomic mass is 16.4. The highest BCUT2D eigenvalue weighted by Crippen LogP contribution is 2.39. The maximum Gasteiger partial charge on any atom is 0.339 e. The zero-order valence-electron chi connectivity index (χ0n) is 18.9. The molecule has 0 aliphatic heterocycles. The van der Waals surface area contributed by atoms with Crippen molar-refractivity contribution in [1.29, 1.82) is 0 Å². The number of aromatic carboxylic acids is 2. The number of aromatic hydroxyl groups is 2. The number of hydrogen-bond acceptors (Lipinski definition) is 4. The molecule has 0 bridgehead atoms. The molecule has 2 aromatic rings. The smallest absolute Gasteiger partial charge is 0.339 e. The van der Waals surface area contributed by atoms with E-state index in [1.54, 1.807) is 25.1 Å². The molecule has 0 unspecified atom stereocenters. The van der Waals surface area contributed by atoms with E-state index in [0.29, 0.717) is 16.7 Å². The number of phenolic OH excluding ortho intramolecular Hbond substituents is 1. The fraction of sp³-hybridized carbons (Fsp3) is 0.417. The van der Waals surface area contributed by atoms with Gasteiger partial charge < -0.3 is 20.4 Å². The second-order valence-corrected chi connectivity index (χ2v) is 9.43. The van der Waals surface area contributed by atoms with E-state index in [9.17, 15) is 24.9 Å². The zero-order chi connectivity index (χ0) is 23.6. The Hall–Kier alpha value is -3.02. The van der Waals surface area contributed by atoms with Crippen LogP contribution in [0.3, 0.4) is 0 Å². The molecule has 0 saturated carbocycles. The van der Waals surface area contributed by atoms with Crippen molar-refractivity contribution in [3.05, 3.63) is 57.6 Å². The van der Waals surface area contributed by atoms with Crippen molar-refractivity contribution in [2.24, 2.45) is 0 Å². The molecular formula is C24H32O6. The minimum Gasteiger partial charge on any atom is -0.507 e. The van der Waals surface area contributed by atoms with Crippen molar-refractivity contribution in [3.63, 3.8) is 0 Å². The van der Waals surface area contributed by atoms with Crippen LogP contribution >= 0.6 is 0 Å². The summed E-state index contributed by atoms with van der Waals surface area (Å²) < 4.78 is 0. The minimum absolute atomic E-state index is 0.0434. The average Bonchev–Trinajstić information content (AvgIpc) is 2.58. The van der Waals surface area contributed by atoms with Crippen LogP contribution in [-0.2, 0) is 10.8 Å². The summed E-state index contributed by atoms with van der Waals surface area (Å²) in [7, 11) is 0. The molecule has 0 spiro atoms. The van der Waals surface area contributed by atoms with E-state index in [2.05, 4.69) is 0 Å². The van der Waals surface area contributed by atoms with Gasteiger partial charge in [-0.25, -0.2) is 9.59 Å². The Morgan fingerprint density at radius 2 is 1.17 bits per heavy atom. The largest absolute Gasteiger partial charge is 0.507 e. The van der Waals surface area contributed by atoms with E-state index < -0.39 is 11.9 Å². The Morgan fingerprint density at radius 1 is 0.733 bits per heavy atom. The van der Waals surface area contributed by atoms with Crippen LogP contribution in [0.1, 0.15) is 84.5 Å². The molecule has 4 N–H and O–H groups in total. The highest BCUT2D eigenvalue weighted by Gasteiger charge is 2.27. The fourth-order valence-electron chi connectivity index (χ4n) is 2.87. The summed E-state index contributed by atoms with van der Waals surface area (Å²) in [4.78, 5) is 21.7. The molecule has 0 atom stereocenters. The van der Waals surface area contributed by atoms with E-state index in [1.807, 2.05) is 48.5 Å². The number of rotatable bonds is 2. The summed E-state index contributed by atoms with van der Waals surface area (Å²) in [6, 6.07) is 6.21. The quantitative estimate of drug-likeness (QED) is 0.521. The SMILES string of the molecule is CC(C)(C)c1cc(C(=O)O)cc(C(C)(C)C)c1O.Cc1ccc(C(=O)O)c(O)c1C. The van der Waals surface area contributed by atoms with E-state index in [0.717, 1.165) is 5.56 Å². The van der Waals surface area contributed by atoms with Gasteiger partial charge in [0.1, 0.15) is 17.1 Å². The lowest BCUT2D eigenvalue weighted by Gasteiger charge is -2.27. The van der Waals surface area contributed by atoms with Gasteiger partial charge >= 0.3 is 11.9 Å². The first kappa shape index (κ1) is 25.0. The highest BCUT2D eigenvalue weighted by molar-refractivity contribution is 5.91. The third-order valence-corrected chi connectivity index (χ3v) is 4.91. The third-order valence-electron chi connectivity index (χ3n) is 4.91. The van der Waals surface area contributed by atoms with E-state index in [1.165, 1.54) is 6.07 Å². The molecule has 6 nitrogen and oxygen atoms in total. The van der Waals surface area contributed by atoms with Crippen LogP contribution in [0.2, 0.25) is 0 Å². The van der Waals surface area contributed by atoms with Gasteiger partial charge in [-0.3, -0.25) is 0 Å². The van der Waals surface area contributed by atoms with Gasteiger partial charge in [0.25, 0.3) is 0 Å². The van der Waals surface area contributed by atoms with Crippen molar-refractivity contribution in [1.82, 2.24) is 0 Å². The molecular weight excluding hydrogens is 384 g/mol. The van der Waals surface area contributed by atoms with Crippen molar-refractivity contribution in [2.75, 3.05) is 0 Å². The number of hydrogen-bond donors (Lipinski definition) is 4. The lowest BCUT2D eigenvalue weighted by Crippen LogP contribution is -2.18. The predicted octanol–water partition coefficient (Wildman–Crippen LogP) is 5.39. The summed E-state index contributed by atoms with van der Waals surface area (Å²) in [5, 5.41) is 37.5. The molecule has 0 aliphatic rings. The van der Waals surface area contributed by atoms with Crippen molar-refractivity contribution in [3.8, 4) is 11.5 Å². The van der Waals surface area contributed by atoms with Crippen LogP contribution in [0.4, 0.5) is 0 Å². The Balaban J connectivity index is 0.000000325. The van der Waals surface area contributed by atoms with Crippen LogP contribution < -0.4 is 0 Å². The number of carboxylic acid groups (broad SMARTS) is 2. The van der Waals surface area contributed by atoms with Crippen molar-refractivity contribution in [2.45, 2.75) is 66.2 Å². The summed E-state index contributed by atoms with van der Waals surface area (Å²) in [6.07, 6.45) is 0. The van der Waals surface area contributed by atoms with Gasteiger partial charge in [-0.1, -0.05) is 47.6 Å². The van der Waals surface area contributed by atoms with Gasteiger partial charge in [0.15, 0.2) is 0 Å². The van der Waals surface area contributed by atoms with Crippen LogP contribution in [0.25, 0.3) is 0 Å². The van der Waals surface area contributed by atoms with Gasteiger partial charge in [0.05, 0.1) is 5.56 Å². The van der Waals surface area contributed by atoms with Crippen LogP contribution in [0.15, 0.2) is 24.3 Å². The second kappa shape index (κ2) is 8.78. The summed E-state index contributed by atoms with van der Waals surface area (Å²) >= 11 is 0. The Bertz CT molecular complexity index is 924. The number of phenols is 2. The summed E-state index contributed by atoms with van der Waals surface area (Å²) in [6.45, 7) is 15.3. The van der Waals surface area contributed by atoms with Crippen molar-refractivity contribution < 1.29 is 30.0 Å². The molecule has 0 heterocycles. The number of benzene rings is 2. The summed E-state index contributed by atoms with van der Waals surface area (Å²) in [5.74, 6) is -2.00. The lowest BCUT2D eigenvalue weighted by atomic mass is 9.78. The predicted molar refractivity (Wildman–Crippen MR) is 117 cm³/mol. The number of aryl methyl sites for hydroxylation is 1. The van der Waals surface area contributed by atoms with Crippen LogP contribution in [0, 0.1) is 13.8 Å². The van der Waals surface area contributed by atoms with Crippen molar-refractivity contribution >= 4 is 11.9 Å². The maximum absolute atomic E-state index is 11.2. The first-order valence-corrected chi connectivity index (χ1v) is 9.62. The van der Waals surface area contributed by atoms with Gasteiger partial charge in [-0.15, -0.1) is 0 Å². The molecule has 2 aromatic carbocycles. The lowest BCUT2D eigenvalue weighted by molar-refractivity contribution is 0.0683. The average molecular weight is 417 g/mol. The summed E-state index contributed by atoms with van der Waals surface area (Å²) in [5.41, 5.74) is 2.44. The minimum atomic E-state index is -1.10. The Kier molecular flexibility index (Phi) is 7.32. The number of carboxylic acids is 2. The van der Waals surface area contributed by atoms with Gasteiger partial charge in [0.2, 0.25) is 0 Å². The number of carbonyl (C=O) groups is 2. The molecule has 0 saturated heterocycles. The standard InChI is InChI=1S/C15H22O3.C9H10O3/c1-14(2,3)10-7-9(13(17)18)8-11(12(10)16)15(4,5)6;1-5-3-4-7(9(11)12)8(10)6(5)2/h7-8,16H,1-6H3,(H,17,18);3-4,10H,1-2H3,(H,11,12). The Labute approximate surface area is 177 Å². The molecule has 0 fully saturated rings. The topological polar surface area (TPSA) is 115 Å². The molecule has 6 heteroatoms. The normalized spacial score (nSPS) is 11.5. The molecule has 0 radical (unpaired) electrons. The molecule has 0 aliphatic carbocycles. The van der Waals surface area contributed by atoms with Crippen LogP contribution in [-0.4, -0.2) is 32.4 Å². The fourth-order valence-corrected chi connectivity index (χ4v) is 2.87. The molecule has 30 heavy (non-hydrogen) atoms. The van der Waals surface area contributed by atoms with Gasteiger partial charge in [0, 0.05) is 11.1 Å². The molecule has 2 rings (SSSR count). The molecule has 164 valence electrons. The Morgan fingerprint density at radius 3 is 1.50 bits per heavy atom. The zero-order valence-corrected chi connectivity index (χ0v) is 18.9. The maximum atomic E-state index is 11.2. The van der Waals surface area contributed by atoms with Gasteiger partial charge in [-0.05, 0) is 54.0 Å². The first-order valence-electron chi connectivity index (χ1n) is 9.62.